The van der Waals surface area contributed by atoms with Gasteiger partial charge in [-0.1, -0.05) is 6.07 Å². The third kappa shape index (κ3) is 4.96. The second-order valence-corrected chi connectivity index (χ2v) is 8.45. The second kappa shape index (κ2) is 10.8. The summed E-state index contributed by atoms with van der Waals surface area (Å²) >= 11 is 0. The normalized spacial score (nSPS) is 20.2. The summed E-state index contributed by atoms with van der Waals surface area (Å²) in [7, 11) is 4.62. The minimum Gasteiger partial charge on any atom is -0.507 e. The Morgan fingerprint density at radius 2 is 1.69 bits per heavy atom. The van der Waals surface area contributed by atoms with Crippen molar-refractivity contribution in [3.63, 3.8) is 0 Å². The fourth-order valence-electron chi connectivity index (χ4n) is 4.57. The number of aliphatic hydroxyl groups is 1. The maximum absolute atomic E-state index is 13.2. The zero-order valence-corrected chi connectivity index (χ0v) is 20.2. The summed E-state index contributed by atoms with van der Waals surface area (Å²) in [5.41, 5.74) is 1.12. The molecular formula is C26H31N2O7+. The van der Waals surface area contributed by atoms with Crippen LogP contribution in [0, 0.1) is 0 Å². The van der Waals surface area contributed by atoms with E-state index in [4.69, 9.17) is 18.9 Å². The van der Waals surface area contributed by atoms with Crippen molar-refractivity contribution in [3.05, 3.63) is 59.2 Å². The lowest BCUT2D eigenvalue weighted by Crippen LogP contribution is -3.14. The number of Topliss-reactive ketones (excluding diaryl/α,β-unsaturated/α-hetero) is 1. The van der Waals surface area contributed by atoms with E-state index in [9.17, 15) is 14.7 Å². The monoisotopic (exact) mass is 483 g/mol. The first-order valence-corrected chi connectivity index (χ1v) is 11.5. The highest BCUT2D eigenvalue weighted by Crippen LogP contribution is 2.41. The molecule has 2 N–H and O–H groups in total. The molecule has 2 fully saturated rings. The average molecular weight is 484 g/mol. The van der Waals surface area contributed by atoms with Gasteiger partial charge in [0.05, 0.1) is 59.2 Å². The summed E-state index contributed by atoms with van der Waals surface area (Å²) in [5, 5.41) is 11.2. The Balaban J connectivity index is 1.77. The molecule has 0 aromatic heterocycles. The Hall–Kier alpha value is -3.56. The molecule has 1 amide bonds. The summed E-state index contributed by atoms with van der Waals surface area (Å²) in [5.74, 6) is 0.0430. The molecule has 0 saturated carbocycles. The van der Waals surface area contributed by atoms with Crippen LogP contribution in [0.2, 0.25) is 0 Å². The topological polar surface area (TPSA) is 99.0 Å². The lowest BCUT2D eigenvalue weighted by molar-refractivity contribution is -0.907. The van der Waals surface area contributed by atoms with E-state index in [0.29, 0.717) is 54.7 Å². The zero-order chi connectivity index (χ0) is 24.9. The highest BCUT2D eigenvalue weighted by molar-refractivity contribution is 6.46. The minimum absolute atomic E-state index is 0.0457. The molecule has 2 aliphatic rings. The predicted molar refractivity (Wildman–Crippen MR) is 128 cm³/mol. The number of rotatable bonds is 8. The van der Waals surface area contributed by atoms with Gasteiger partial charge >= 0.3 is 0 Å². The molecule has 0 spiro atoms. The smallest absolute Gasteiger partial charge is 0.295 e. The van der Waals surface area contributed by atoms with E-state index < -0.39 is 17.7 Å². The number of likely N-dealkylation sites (tertiary alicyclic amines) is 1. The van der Waals surface area contributed by atoms with E-state index in [1.807, 2.05) is 0 Å². The first-order chi connectivity index (χ1) is 17.0. The van der Waals surface area contributed by atoms with Gasteiger partial charge in [0.1, 0.15) is 24.6 Å². The van der Waals surface area contributed by atoms with Crippen LogP contribution in [-0.4, -0.2) is 82.4 Å². The quantitative estimate of drug-likeness (QED) is 0.329. The summed E-state index contributed by atoms with van der Waals surface area (Å²) in [6.45, 7) is 4.06. The molecule has 2 saturated heterocycles. The maximum Gasteiger partial charge on any atom is 0.295 e. The Kier molecular flexibility index (Phi) is 7.57. The molecule has 1 unspecified atom stereocenters. The first-order valence-electron chi connectivity index (χ1n) is 11.5. The highest BCUT2D eigenvalue weighted by Gasteiger charge is 2.46. The minimum atomic E-state index is -0.766. The van der Waals surface area contributed by atoms with Crippen molar-refractivity contribution in [2.75, 3.05) is 60.7 Å². The number of ketones is 1. The molecule has 9 heteroatoms. The SMILES string of the molecule is COc1ccc(C(O)=C2C(=O)C(=O)N(CC[NH+]3CCOCC3)C2c2ccc(OC)c(OC)c2)cc1. The number of hydrogen-bond acceptors (Lipinski definition) is 7. The standard InChI is InChI=1S/C26H30N2O7/c1-32-19-7-4-17(5-8-19)24(29)22-23(18-6-9-20(33-2)21(16-18)34-3)28(26(31)25(22)30)11-10-27-12-14-35-15-13-27/h4-9,16,23,29H,10-15H2,1-3H3/p+1. The maximum atomic E-state index is 13.2. The molecular weight excluding hydrogens is 452 g/mol. The predicted octanol–water partition coefficient (Wildman–Crippen LogP) is 1.05. The Bertz CT molecular complexity index is 1110. The Labute approximate surface area is 204 Å². The molecule has 4 rings (SSSR count). The van der Waals surface area contributed by atoms with Gasteiger partial charge in [-0.15, -0.1) is 0 Å². The number of aliphatic hydroxyl groups excluding tert-OH is 1. The molecule has 2 aliphatic heterocycles. The number of nitrogens with one attached hydrogen (secondary N) is 1. The van der Waals surface area contributed by atoms with Gasteiger partial charge in [0.2, 0.25) is 0 Å². The van der Waals surface area contributed by atoms with Gasteiger partial charge in [0.25, 0.3) is 11.7 Å². The van der Waals surface area contributed by atoms with Crippen molar-refractivity contribution in [2.24, 2.45) is 0 Å². The number of morpholine rings is 1. The van der Waals surface area contributed by atoms with E-state index in [2.05, 4.69) is 0 Å². The second-order valence-electron chi connectivity index (χ2n) is 8.45. The zero-order valence-electron chi connectivity index (χ0n) is 20.2. The first kappa shape index (κ1) is 24.6. The summed E-state index contributed by atoms with van der Waals surface area (Å²) in [4.78, 5) is 29.3. The van der Waals surface area contributed by atoms with Crippen molar-refractivity contribution < 1.29 is 38.5 Å². The number of nitrogens with zero attached hydrogens (tertiary/aromatic N) is 1. The summed E-state index contributed by atoms with van der Waals surface area (Å²) in [6, 6.07) is 11.2. The number of hydrogen-bond donors (Lipinski definition) is 2. The van der Waals surface area contributed by atoms with Gasteiger partial charge < -0.3 is 33.9 Å². The van der Waals surface area contributed by atoms with Crippen LogP contribution in [0.4, 0.5) is 0 Å². The van der Waals surface area contributed by atoms with Crippen LogP contribution in [0.3, 0.4) is 0 Å². The van der Waals surface area contributed by atoms with Crippen molar-refractivity contribution in [3.8, 4) is 17.2 Å². The number of methoxy groups -OCH3 is 3. The van der Waals surface area contributed by atoms with Gasteiger partial charge in [0.15, 0.2) is 11.5 Å². The van der Waals surface area contributed by atoms with Gasteiger partial charge in [-0.2, -0.15) is 0 Å². The summed E-state index contributed by atoms with van der Waals surface area (Å²) in [6.07, 6.45) is 0. The Morgan fingerprint density at radius 1 is 1.00 bits per heavy atom. The largest absolute Gasteiger partial charge is 0.507 e. The van der Waals surface area contributed by atoms with Gasteiger partial charge in [-0.3, -0.25) is 9.59 Å². The van der Waals surface area contributed by atoms with Crippen LogP contribution in [0.5, 0.6) is 17.2 Å². The van der Waals surface area contributed by atoms with E-state index in [1.54, 1.807) is 61.6 Å². The lowest BCUT2D eigenvalue weighted by atomic mass is 9.95. The van der Waals surface area contributed by atoms with Crippen LogP contribution in [-0.2, 0) is 14.3 Å². The van der Waals surface area contributed by atoms with Crippen molar-refractivity contribution in [2.45, 2.75) is 6.04 Å². The van der Waals surface area contributed by atoms with Crippen LogP contribution >= 0.6 is 0 Å². The molecule has 2 aromatic rings. The molecule has 1 atom stereocenters. The average Bonchev–Trinajstić information content (AvgIpc) is 3.16. The van der Waals surface area contributed by atoms with E-state index in [-0.39, 0.29) is 11.3 Å². The van der Waals surface area contributed by atoms with E-state index in [0.717, 1.165) is 13.1 Å². The fourth-order valence-corrected chi connectivity index (χ4v) is 4.57. The van der Waals surface area contributed by atoms with Gasteiger partial charge in [-0.25, -0.2) is 0 Å². The molecule has 2 aromatic carbocycles. The molecule has 0 radical (unpaired) electrons. The van der Waals surface area contributed by atoms with Crippen molar-refractivity contribution >= 4 is 17.4 Å². The number of carbonyl (C=O) groups excluding carboxylic acids is 2. The third-order valence-electron chi connectivity index (χ3n) is 6.53. The number of carbonyl (C=O) groups is 2. The van der Waals surface area contributed by atoms with Crippen LogP contribution in [0.1, 0.15) is 17.2 Å². The van der Waals surface area contributed by atoms with Crippen molar-refractivity contribution in [1.82, 2.24) is 4.90 Å². The van der Waals surface area contributed by atoms with E-state index >= 15 is 0 Å². The molecule has 35 heavy (non-hydrogen) atoms. The number of amides is 1. The fraction of sp³-hybridized carbons (Fsp3) is 0.385. The molecule has 0 bridgehead atoms. The van der Waals surface area contributed by atoms with E-state index in [1.165, 1.54) is 12.0 Å². The molecule has 186 valence electrons. The summed E-state index contributed by atoms with van der Waals surface area (Å²) < 4.78 is 21.4. The number of ether oxygens (including phenoxy) is 4. The lowest BCUT2D eigenvalue weighted by Gasteiger charge is -2.29. The molecule has 9 nitrogen and oxygen atoms in total. The number of quaternary nitrogens is 1. The van der Waals surface area contributed by atoms with Crippen LogP contribution < -0.4 is 19.1 Å². The molecule has 0 aliphatic carbocycles. The van der Waals surface area contributed by atoms with Crippen LogP contribution in [0.15, 0.2) is 48.0 Å². The van der Waals surface area contributed by atoms with Gasteiger partial charge in [0, 0.05) is 5.56 Å². The highest BCUT2D eigenvalue weighted by atomic mass is 16.5. The molecule has 2 heterocycles. The Morgan fingerprint density at radius 3 is 2.31 bits per heavy atom. The van der Waals surface area contributed by atoms with Crippen LogP contribution in [0.25, 0.3) is 5.76 Å². The number of benzene rings is 2. The van der Waals surface area contributed by atoms with Gasteiger partial charge in [-0.05, 0) is 42.0 Å². The third-order valence-corrected chi connectivity index (χ3v) is 6.53. The van der Waals surface area contributed by atoms with Crippen molar-refractivity contribution in [1.29, 1.82) is 0 Å².